The molecular weight excluding hydrogens is 310 g/mol. The van der Waals surface area contributed by atoms with Gasteiger partial charge in [0.2, 0.25) is 5.91 Å². The molecule has 0 radical (unpaired) electrons. The van der Waals surface area contributed by atoms with E-state index in [0.717, 1.165) is 5.56 Å². The number of carboxylic acid groups (broad SMARTS) is 1. The molecule has 0 aliphatic rings. The van der Waals surface area contributed by atoms with Crippen LogP contribution in [0.25, 0.3) is 0 Å². The Bertz CT molecular complexity index is 747. The van der Waals surface area contributed by atoms with E-state index in [-0.39, 0.29) is 30.3 Å². The third-order valence-electron chi connectivity index (χ3n) is 3.34. The number of carboxylic acids is 1. The first-order valence-corrected chi connectivity index (χ1v) is 7.24. The maximum Gasteiger partial charge on any atom is 0.354 e. The number of pyridine rings is 1. The van der Waals surface area contributed by atoms with Crippen LogP contribution in [0, 0.1) is 0 Å². The summed E-state index contributed by atoms with van der Waals surface area (Å²) >= 11 is 0. The van der Waals surface area contributed by atoms with Crippen LogP contribution in [0.1, 0.15) is 26.4 Å². The molecule has 1 aromatic carbocycles. The standard InChI is InChI=1S/C17H17N3O4/c1-18-15(21)11-20(10-12-5-3-2-4-6-12)16(22)13-7-8-19-14(9-13)17(23)24/h2-9H,10-11H2,1H3,(H,18,21)(H,23,24). The van der Waals surface area contributed by atoms with E-state index in [9.17, 15) is 14.4 Å². The SMILES string of the molecule is CNC(=O)CN(Cc1ccccc1)C(=O)c1ccnc(C(=O)O)c1. The van der Waals surface area contributed by atoms with Gasteiger partial charge in [-0.15, -0.1) is 0 Å². The number of carbonyl (C=O) groups excluding carboxylic acids is 2. The van der Waals surface area contributed by atoms with Crippen LogP contribution in [-0.4, -0.2) is 46.4 Å². The lowest BCUT2D eigenvalue weighted by molar-refractivity contribution is -0.121. The molecule has 0 spiro atoms. The summed E-state index contributed by atoms with van der Waals surface area (Å²) in [6, 6.07) is 11.9. The number of rotatable bonds is 6. The molecule has 1 heterocycles. The molecule has 2 N–H and O–H groups in total. The van der Waals surface area contributed by atoms with Gasteiger partial charge in [-0.2, -0.15) is 0 Å². The van der Waals surface area contributed by atoms with Crippen LogP contribution in [0.2, 0.25) is 0 Å². The monoisotopic (exact) mass is 327 g/mol. The summed E-state index contributed by atoms with van der Waals surface area (Å²) in [5.41, 5.74) is 0.810. The Morgan fingerprint density at radius 1 is 1.17 bits per heavy atom. The van der Waals surface area contributed by atoms with Crippen LogP contribution < -0.4 is 5.32 Å². The average Bonchev–Trinajstić information content (AvgIpc) is 2.61. The second-order valence-corrected chi connectivity index (χ2v) is 5.05. The van der Waals surface area contributed by atoms with Crippen molar-refractivity contribution >= 4 is 17.8 Å². The molecule has 0 bridgehead atoms. The van der Waals surface area contributed by atoms with E-state index in [4.69, 9.17) is 5.11 Å². The van der Waals surface area contributed by atoms with Gasteiger partial charge in [-0.1, -0.05) is 30.3 Å². The van der Waals surface area contributed by atoms with Crippen molar-refractivity contribution in [2.45, 2.75) is 6.54 Å². The zero-order valence-electron chi connectivity index (χ0n) is 13.1. The highest BCUT2D eigenvalue weighted by Gasteiger charge is 2.20. The van der Waals surface area contributed by atoms with Crippen LogP contribution in [0.3, 0.4) is 0 Å². The van der Waals surface area contributed by atoms with Crippen LogP contribution in [0.15, 0.2) is 48.7 Å². The van der Waals surface area contributed by atoms with Crippen molar-refractivity contribution in [3.8, 4) is 0 Å². The normalized spacial score (nSPS) is 10.0. The molecule has 2 amide bonds. The van der Waals surface area contributed by atoms with E-state index in [1.165, 1.54) is 30.3 Å². The number of hydrogen-bond acceptors (Lipinski definition) is 4. The highest BCUT2D eigenvalue weighted by Crippen LogP contribution is 2.11. The quantitative estimate of drug-likeness (QED) is 0.829. The molecule has 7 nitrogen and oxygen atoms in total. The van der Waals surface area contributed by atoms with E-state index in [1.807, 2.05) is 30.3 Å². The Balaban J connectivity index is 2.28. The predicted octanol–water partition coefficient (Wildman–Crippen LogP) is 1.17. The second kappa shape index (κ2) is 7.87. The molecule has 0 aliphatic heterocycles. The number of nitrogens with one attached hydrogen (secondary N) is 1. The van der Waals surface area contributed by atoms with Crippen molar-refractivity contribution in [3.05, 3.63) is 65.5 Å². The molecule has 24 heavy (non-hydrogen) atoms. The number of aromatic carboxylic acids is 1. The molecular formula is C17H17N3O4. The van der Waals surface area contributed by atoms with Gasteiger partial charge in [0.15, 0.2) is 0 Å². The van der Waals surface area contributed by atoms with Gasteiger partial charge in [0.25, 0.3) is 5.91 Å². The molecule has 0 fully saturated rings. The minimum absolute atomic E-state index is 0.130. The fourth-order valence-corrected chi connectivity index (χ4v) is 2.12. The Kier molecular flexibility index (Phi) is 5.62. The molecule has 0 atom stereocenters. The molecule has 0 saturated heterocycles. The Morgan fingerprint density at radius 3 is 2.50 bits per heavy atom. The van der Waals surface area contributed by atoms with Gasteiger partial charge >= 0.3 is 5.97 Å². The molecule has 124 valence electrons. The van der Waals surface area contributed by atoms with Crippen molar-refractivity contribution < 1.29 is 19.5 Å². The number of amides is 2. The van der Waals surface area contributed by atoms with Crippen molar-refractivity contribution in [2.24, 2.45) is 0 Å². The summed E-state index contributed by atoms with van der Waals surface area (Å²) in [5.74, 6) is -1.97. The van der Waals surface area contributed by atoms with E-state index >= 15 is 0 Å². The largest absolute Gasteiger partial charge is 0.477 e. The summed E-state index contributed by atoms with van der Waals surface area (Å²) in [6.45, 7) is 0.104. The summed E-state index contributed by atoms with van der Waals surface area (Å²) in [6.07, 6.45) is 1.26. The van der Waals surface area contributed by atoms with Gasteiger partial charge in [-0.25, -0.2) is 9.78 Å². The number of nitrogens with zero attached hydrogens (tertiary/aromatic N) is 2. The minimum atomic E-state index is -1.22. The van der Waals surface area contributed by atoms with Crippen molar-refractivity contribution in [1.82, 2.24) is 15.2 Å². The number of hydrogen-bond donors (Lipinski definition) is 2. The maximum atomic E-state index is 12.7. The summed E-state index contributed by atoms with van der Waals surface area (Å²) < 4.78 is 0. The van der Waals surface area contributed by atoms with E-state index in [2.05, 4.69) is 10.3 Å². The molecule has 1 aromatic heterocycles. The third kappa shape index (κ3) is 4.39. The van der Waals surface area contributed by atoms with Gasteiger partial charge in [0.1, 0.15) is 12.2 Å². The van der Waals surface area contributed by atoms with Gasteiger partial charge in [0.05, 0.1) is 0 Å². The number of carbonyl (C=O) groups is 3. The van der Waals surface area contributed by atoms with Crippen LogP contribution in [0.5, 0.6) is 0 Å². The maximum absolute atomic E-state index is 12.7. The first kappa shape index (κ1) is 17.1. The third-order valence-corrected chi connectivity index (χ3v) is 3.34. The van der Waals surface area contributed by atoms with Gasteiger partial charge in [-0.05, 0) is 17.7 Å². The van der Waals surface area contributed by atoms with E-state index in [1.54, 1.807) is 0 Å². The van der Waals surface area contributed by atoms with Gasteiger partial charge in [-0.3, -0.25) is 9.59 Å². The fraction of sp³-hybridized carbons (Fsp3) is 0.176. The molecule has 2 aromatic rings. The van der Waals surface area contributed by atoms with Crippen LogP contribution >= 0.6 is 0 Å². The highest BCUT2D eigenvalue weighted by molar-refractivity contribution is 5.98. The molecule has 0 unspecified atom stereocenters. The molecule has 7 heteroatoms. The number of likely N-dealkylation sites (N-methyl/N-ethyl adjacent to an activating group) is 1. The second-order valence-electron chi connectivity index (χ2n) is 5.05. The summed E-state index contributed by atoms with van der Waals surface area (Å²) in [7, 11) is 1.49. The zero-order valence-corrected chi connectivity index (χ0v) is 13.1. The van der Waals surface area contributed by atoms with Gasteiger partial charge in [0, 0.05) is 25.4 Å². The molecule has 0 saturated carbocycles. The Hall–Kier alpha value is -3.22. The highest BCUT2D eigenvalue weighted by atomic mass is 16.4. The van der Waals surface area contributed by atoms with E-state index in [0.29, 0.717) is 0 Å². The summed E-state index contributed by atoms with van der Waals surface area (Å²) in [5, 5.41) is 11.5. The zero-order chi connectivity index (χ0) is 17.5. The van der Waals surface area contributed by atoms with Crippen molar-refractivity contribution in [2.75, 3.05) is 13.6 Å². The van der Waals surface area contributed by atoms with Crippen LogP contribution in [-0.2, 0) is 11.3 Å². The van der Waals surface area contributed by atoms with Crippen molar-refractivity contribution in [3.63, 3.8) is 0 Å². The fourth-order valence-electron chi connectivity index (χ4n) is 2.12. The lowest BCUT2D eigenvalue weighted by Gasteiger charge is -2.22. The number of benzene rings is 1. The Labute approximate surface area is 138 Å². The first-order valence-electron chi connectivity index (χ1n) is 7.24. The first-order chi connectivity index (χ1) is 11.5. The summed E-state index contributed by atoms with van der Waals surface area (Å²) in [4.78, 5) is 40.5. The smallest absolute Gasteiger partial charge is 0.354 e. The van der Waals surface area contributed by atoms with E-state index < -0.39 is 11.9 Å². The average molecular weight is 327 g/mol. The lowest BCUT2D eigenvalue weighted by atomic mass is 10.1. The predicted molar refractivity (Wildman–Crippen MR) is 86.4 cm³/mol. The number of aromatic nitrogens is 1. The van der Waals surface area contributed by atoms with Crippen molar-refractivity contribution in [1.29, 1.82) is 0 Å². The minimum Gasteiger partial charge on any atom is -0.477 e. The van der Waals surface area contributed by atoms with Crippen LogP contribution in [0.4, 0.5) is 0 Å². The Morgan fingerprint density at radius 2 is 1.88 bits per heavy atom. The topological polar surface area (TPSA) is 99.6 Å². The lowest BCUT2D eigenvalue weighted by Crippen LogP contribution is -2.39. The molecule has 0 aliphatic carbocycles. The van der Waals surface area contributed by atoms with Gasteiger partial charge < -0.3 is 15.3 Å². The molecule has 2 rings (SSSR count).